The Morgan fingerprint density at radius 2 is 2.00 bits per heavy atom. The molecule has 0 amide bonds. The zero-order chi connectivity index (χ0) is 10.1. The van der Waals surface area contributed by atoms with Crippen LogP contribution in [-0.4, -0.2) is 0 Å². The standard InChI is InChI=1S/C11H5FIN/c12-10-9-4-2-1-3-7(9)5-8(6-14)11(10)13/h1-5H. The molecule has 3 heteroatoms. The molecule has 0 N–H and O–H groups in total. The van der Waals surface area contributed by atoms with Crippen LogP contribution in [0.2, 0.25) is 0 Å². The number of nitrogens with zero attached hydrogens (tertiary/aromatic N) is 1. The quantitative estimate of drug-likeness (QED) is 0.683. The molecule has 0 bridgehead atoms. The lowest BCUT2D eigenvalue weighted by atomic mass is 10.1. The van der Waals surface area contributed by atoms with E-state index in [1.165, 1.54) is 0 Å². The van der Waals surface area contributed by atoms with E-state index >= 15 is 0 Å². The van der Waals surface area contributed by atoms with Crippen molar-refractivity contribution in [2.45, 2.75) is 0 Å². The molecule has 1 nitrogen and oxygen atoms in total. The summed E-state index contributed by atoms with van der Waals surface area (Å²) in [5.74, 6) is -0.305. The lowest BCUT2D eigenvalue weighted by Crippen LogP contribution is -1.90. The van der Waals surface area contributed by atoms with Crippen molar-refractivity contribution < 1.29 is 4.39 Å². The van der Waals surface area contributed by atoms with Crippen LogP contribution < -0.4 is 0 Å². The first kappa shape index (κ1) is 9.41. The van der Waals surface area contributed by atoms with Gasteiger partial charge < -0.3 is 0 Å². The van der Waals surface area contributed by atoms with Crippen LogP contribution >= 0.6 is 22.6 Å². The summed E-state index contributed by atoms with van der Waals surface area (Å²) in [6.07, 6.45) is 0. The molecule has 2 aromatic rings. The number of rotatable bonds is 0. The highest BCUT2D eigenvalue weighted by Gasteiger charge is 2.09. The van der Waals surface area contributed by atoms with Crippen LogP contribution in [-0.2, 0) is 0 Å². The molecule has 0 fully saturated rings. The second-order valence-electron chi connectivity index (χ2n) is 2.89. The van der Waals surface area contributed by atoms with Gasteiger partial charge in [-0.3, -0.25) is 0 Å². The maximum Gasteiger partial charge on any atom is 0.145 e. The van der Waals surface area contributed by atoms with E-state index in [9.17, 15) is 4.39 Å². The minimum Gasteiger partial charge on any atom is -0.205 e. The highest BCUT2D eigenvalue weighted by atomic mass is 127. The fraction of sp³-hybridized carbons (Fsp3) is 0. The molecule has 0 aliphatic rings. The van der Waals surface area contributed by atoms with Crippen LogP contribution in [0.5, 0.6) is 0 Å². The third-order valence-corrected chi connectivity index (χ3v) is 3.10. The van der Waals surface area contributed by atoms with E-state index in [-0.39, 0.29) is 5.82 Å². The highest BCUT2D eigenvalue weighted by molar-refractivity contribution is 14.1. The van der Waals surface area contributed by atoms with Crippen LogP contribution in [0.25, 0.3) is 10.8 Å². The predicted molar refractivity (Wildman–Crippen MR) is 61.3 cm³/mol. The van der Waals surface area contributed by atoms with E-state index in [2.05, 4.69) is 0 Å². The van der Waals surface area contributed by atoms with Gasteiger partial charge in [-0.15, -0.1) is 0 Å². The fourth-order valence-corrected chi connectivity index (χ4v) is 1.93. The third kappa shape index (κ3) is 1.36. The van der Waals surface area contributed by atoms with E-state index < -0.39 is 0 Å². The molecular weight excluding hydrogens is 292 g/mol. The number of hydrogen-bond donors (Lipinski definition) is 0. The number of hydrogen-bond acceptors (Lipinski definition) is 1. The molecule has 0 aliphatic heterocycles. The largest absolute Gasteiger partial charge is 0.205 e. The Labute approximate surface area is 94.3 Å². The molecule has 0 aliphatic carbocycles. The van der Waals surface area contributed by atoms with E-state index in [1.54, 1.807) is 24.3 Å². The Bertz CT molecular complexity index is 543. The van der Waals surface area contributed by atoms with Crippen molar-refractivity contribution in [2.75, 3.05) is 0 Å². The normalized spacial score (nSPS) is 10.1. The Morgan fingerprint density at radius 3 is 2.71 bits per heavy atom. The first-order chi connectivity index (χ1) is 6.74. The van der Waals surface area contributed by atoms with Crippen molar-refractivity contribution >= 4 is 33.4 Å². The molecule has 0 unspecified atom stereocenters. The molecule has 0 spiro atoms. The third-order valence-electron chi connectivity index (χ3n) is 2.05. The summed E-state index contributed by atoms with van der Waals surface area (Å²) in [6.45, 7) is 0. The lowest BCUT2D eigenvalue weighted by Gasteiger charge is -2.02. The van der Waals surface area contributed by atoms with Gasteiger partial charge in [-0.25, -0.2) is 4.39 Å². The first-order valence-electron chi connectivity index (χ1n) is 4.01. The maximum absolute atomic E-state index is 13.7. The summed E-state index contributed by atoms with van der Waals surface area (Å²) >= 11 is 1.86. The number of benzene rings is 2. The van der Waals surface area contributed by atoms with Crippen molar-refractivity contribution in [1.82, 2.24) is 0 Å². The smallest absolute Gasteiger partial charge is 0.145 e. The van der Waals surface area contributed by atoms with Crippen LogP contribution in [0, 0.1) is 20.7 Å². The van der Waals surface area contributed by atoms with Crippen molar-refractivity contribution in [2.24, 2.45) is 0 Å². The number of fused-ring (bicyclic) bond motifs is 1. The van der Waals surface area contributed by atoms with Gasteiger partial charge in [0.15, 0.2) is 0 Å². The van der Waals surface area contributed by atoms with Gasteiger partial charge in [-0.05, 0) is 34.0 Å². The van der Waals surface area contributed by atoms with Gasteiger partial charge in [-0.2, -0.15) is 5.26 Å². The topological polar surface area (TPSA) is 23.8 Å². The molecule has 14 heavy (non-hydrogen) atoms. The van der Waals surface area contributed by atoms with E-state index in [0.717, 1.165) is 5.39 Å². The minimum atomic E-state index is -0.305. The summed E-state index contributed by atoms with van der Waals surface area (Å²) in [7, 11) is 0. The molecule has 2 aromatic carbocycles. The van der Waals surface area contributed by atoms with Gasteiger partial charge in [0.2, 0.25) is 0 Å². The van der Waals surface area contributed by atoms with Gasteiger partial charge in [0.05, 0.1) is 9.13 Å². The van der Waals surface area contributed by atoms with E-state index in [1.807, 2.05) is 34.7 Å². The Morgan fingerprint density at radius 1 is 1.29 bits per heavy atom. The monoisotopic (exact) mass is 297 g/mol. The predicted octanol–water partition coefficient (Wildman–Crippen LogP) is 3.46. The van der Waals surface area contributed by atoms with Crippen molar-refractivity contribution in [3.63, 3.8) is 0 Å². The minimum absolute atomic E-state index is 0.305. The molecule has 2 rings (SSSR count). The van der Waals surface area contributed by atoms with Crippen LogP contribution in [0.3, 0.4) is 0 Å². The van der Waals surface area contributed by atoms with Gasteiger partial charge >= 0.3 is 0 Å². The zero-order valence-electron chi connectivity index (χ0n) is 7.09. The van der Waals surface area contributed by atoms with Crippen molar-refractivity contribution in [1.29, 1.82) is 5.26 Å². The van der Waals surface area contributed by atoms with E-state index in [4.69, 9.17) is 5.26 Å². The maximum atomic E-state index is 13.7. The summed E-state index contributed by atoms with van der Waals surface area (Å²) in [6, 6.07) is 10.8. The van der Waals surface area contributed by atoms with E-state index in [0.29, 0.717) is 14.5 Å². The second kappa shape index (κ2) is 3.54. The molecule has 0 saturated carbocycles. The molecule has 0 saturated heterocycles. The van der Waals surface area contributed by atoms with Gasteiger partial charge in [0, 0.05) is 5.39 Å². The number of halogens is 2. The Kier molecular flexibility index (Phi) is 2.38. The summed E-state index contributed by atoms with van der Waals surface area (Å²) < 4.78 is 14.1. The number of nitriles is 1. The van der Waals surface area contributed by atoms with Crippen molar-refractivity contribution in [3.05, 3.63) is 45.3 Å². The molecule has 68 valence electrons. The Hall–Kier alpha value is -1.15. The van der Waals surface area contributed by atoms with Crippen LogP contribution in [0.1, 0.15) is 5.56 Å². The van der Waals surface area contributed by atoms with Gasteiger partial charge in [-0.1, -0.05) is 24.3 Å². The average molecular weight is 297 g/mol. The summed E-state index contributed by atoms with van der Waals surface area (Å²) in [5, 5.41) is 10.1. The molecule has 0 heterocycles. The molecule has 0 aromatic heterocycles. The second-order valence-corrected chi connectivity index (χ2v) is 3.96. The fourth-order valence-electron chi connectivity index (χ4n) is 1.36. The van der Waals surface area contributed by atoms with Gasteiger partial charge in [0.1, 0.15) is 11.9 Å². The summed E-state index contributed by atoms with van der Waals surface area (Å²) in [4.78, 5) is 0. The lowest BCUT2D eigenvalue weighted by molar-refractivity contribution is 0.632. The Balaban J connectivity index is 2.94. The molecule has 0 atom stereocenters. The first-order valence-corrected chi connectivity index (χ1v) is 5.09. The van der Waals surface area contributed by atoms with Crippen LogP contribution in [0.15, 0.2) is 30.3 Å². The SMILES string of the molecule is N#Cc1cc2ccccc2c(F)c1I. The summed E-state index contributed by atoms with van der Waals surface area (Å²) in [5.41, 5.74) is 0.391. The zero-order valence-corrected chi connectivity index (χ0v) is 9.25. The van der Waals surface area contributed by atoms with Crippen LogP contribution in [0.4, 0.5) is 4.39 Å². The highest BCUT2D eigenvalue weighted by Crippen LogP contribution is 2.25. The van der Waals surface area contributed by atoms with Crippen molar-refractivity contribution in [3.8, 4) is 6.07 Å². The van der Waals surface area contributed by atoms with Gasteiger partial charge in [0.25, 0.3) is 0 Å². The molecular formula is C11H5FIN. The average Bonchev–Trinajstić information content (AvgIpc) is 2.23. The molecule has 0 radical (unpaired) electrons.